The number of para-hydroxylation sites is 2. The minimum Gasteiger partial charge on any atom is -0.361 e. The van der Waals surface area contributed by atoms with Gasteiger partial charge in [-0.05, 0) is 63.4 Å². The van der Waals surface area contributed by atoms with Crippen molar-refractivity contribution in [1.29, 1.82) is 0 Å². The number of hydrogen-bond donors (Lipinski definition) is 2. The summed E-state index contributed by atoms with van der Waals surface area (Å²) >= 11 is 1.87. The first-order valence-electron chi connectivity index (χ1n) is 16.6. The quantitative estimate of drug-likeness (QED) is 0.191. The number of thiophene rings is 1. The van der Waals surface area contributed by atoms with Crippen LogP contribution in [-0.4, -0.2) is 9.97 Å². The summed E-state index contributed by atoms with van der Waals surface area (Å²) < 4.78 is 1.30. The zero-order valence-corrected chi connectivity index (χ0v) is 27.5. The van der Waals surface area contributed by atoms with Gasteiger partial charge in [0.25, 0.3) is 0 Å². The van der Waals surface area contributed by atoms with Crippen molar-refractivity contribution in [3.63, 3.8) is 0 Å². The first-order valence-corrected chi connectivity index (χ1v) is 17.4. The molecule has 0 fully saturated rings. The maximum atomic E-state index is 3.90. The summed E-state index contributed by atoms with van der Waals surface area (Å²) in [6.45, 7) is 0. The van der Waals surface area contributed by atoms with E-state index in [0.29, 0.717) is 0 Å². The topological polar surface area (TPSA) is 31.6 Å². The van der Waals surface area contributed by atoms with E-state index in [9.17, 15) is 0 Å². The molecule has 0 unspecified atom stereocenters. The molecule has 0 aliphatic carbocycles. The number of aromatic amines is 2. The first-order chi connectivity index (χ1) is 24.3. The lowest BCUT2D eigenvalue weighted by atomic mass is 9.81. The smallest absolute Gasteiger partial charge is 0.0565 e. The average Bonchev–Trinajstić information content (AvgIpc) is 3.92. The first kappa shape index (κ1) is 29.0. The highest BCUT2D eigenvalue weighted by atomic mass is 32.1. The summed E-state index contributed by atoms with van der Waals surface area (Å²) in [5, 5.41) is 5.07. The molecule has 0 amide bonds. The second kappa shape index (κ2) is 12.5. The Morgan fingerprint density at radius 3 is 1.59 bits per heavy atom. The van der Waals surface area contributed by atoms with E-state index in [1.807, 2.05) is 29.7 Å². The summed E-state index contributed by atoms with van der Waals surface area (Å²) in [5.74, 6) is 0. The van der Waals surface area contributed by atoms with Gasteiger partial charge in [0.05, 0.1) is 5.52 Å². The molecule has 0 saturated carbocycles. The van der Waals surface area contributed by atoms with Gasteiger partial charge in [-0.1, -0.05) is 146 Å². The van der Waals surface area contributed by atoms with Gasteiger partial charge in [0.1, 0.15) is 0 Å². The average molecular weight is 645 g/mol. The van der Waals surface area contributed by atoms with E-state index in [0.717, 1.165) is 5.52 Å². The van der Waals surface area contributed by atoms with E-state index in [-0.39, 0.29) is 0 Å². The van der Waals surface area contributed by atoms with Crippen molar-refractivity contribution in [3.8, 4) is 43.8 Å². The van der Waals surface area contributed by atoms with Gasteiger partial charge >= 0.3 is 0 Å². The molecule has 7 aromatic carbocycles. The molecule has 3 aromatic heterocycles. The molecular weight excluding hydrogens is 613 g/mol. The second-order valence-electron chi connectivity index (χ2n) is 12.2. The van der Waals surface area contributed by atoms with Crippen LogP contribution in [0.15, 0.2) is 182 Å². The fourth-order valence-corrected chi connectivity index (χ4v) is 8.24. The van der Waals surface area contributed by atoms with Gasteiger partial charge in [-0.3, -0.25) is 0 Å². The minimum atomic E-state index is 1.15. The van der Waals surface area contributed by atoms with Crippen LogP contribution >= 0.6 is 11.3 Å². The summed E-state index contributed by atoms with van der Waals surface area (Å²) in [6.07, 6.45) is 1.95. The summed E-state index contributed by atoms with van der Waals surface area (Å²) in [7, 11) is 0. The lowest BCUT2D eigenvalue weighted by molar-refractivity contribution is 1.48. The van der Waals surface area contributed by atoms with Crippen LogP contribution in [0.3, 0.4) is 0 Å². The van der Waals surface area contributed by atoms with Crippen LogP contribution in [0.25, 0.3) is 86.6 Å². The van der Waals surface area contributed by atoms with Crippen LogP contribution in [0.2, 0.25) is 0 Å². The Morgan fingerprint density at radius 2 is 0.939 bits per heavy atom. The molecule has 49 heavy (non-hydrogen) atoms. The zero-order valence-electron chi connectivity index (χ0n) is 26.7. The molecule has 0 saturated heterocycles. The number of H-pyrrole nitrogens is 2. The summed E-state index contributed by atoms with van der Waals surface area (Å²) in [4.78, 5) is 8.29. The molecule has 0 spiro atoms. The van der Waals surface area contributed by atoms with Gasteiger partial charge in [-0.2, -0.15) is 0 Å². The predicted molar refractivity (Wildman–Crippen MR) is 211 cm³/mol. The third-order valence-electron chi connectivity index (χ3n) is 9.28. The molecule has 10 rings (SSSR count). The third kappa shape index (κ3) is 5.22. The molecule has 10 aromatic rings. The number of rotatable bonds is 4. The van der Waals surface area contributed by atoms with Gasteiger partial charge < -0.3 is 9.97 Å². The largest absolute Gasteiger partial charge is 0.361 e. The Kier molecular flexibility index (Phi) is 7.38. The number of fused-ring (bicyclic) bond motifs is 5. The number of benzene rings is 7. The molecule has 232 valence electrons. The van der Waals surface area contributed by atoms with Crippen LogP contribution in [0.1, 0.15) is 0 Å². The lowest BCUT2D eigenvalue weighted by Crippen LogP contribution is -1.96. The van der Waals surface area contributed by atoms with Gasteiger partial charge in [-0.15, -0.1) is 11.3 Å². The molecule has 0 bridgehead atoms. The maximum absolute atomic E-state index is 3.90. The Labute approximate surface area is 289 Å². The molecule has 0 atom stereocenters. The molecule has 3 heterocycles. The van der Waals surface area contributed by atoms with E-state index in [1.165, 1.54) is 81.1 Å². The van der Waals surface area contributed by atoms with Crippen LogP contribution in [0.4, 0.5) is 0 Å². The van der Waals surface area contributed by atoms with Crippen LogP contribution in [-0.2, 0) is 0 Å². The van der Waals surface area contributed by atoms with Crippen molar-refractivity contribution in [2.45, 2.75) is 0 Å². The van der Waals surface area contributed by atoms with E-state index in [1.54, 1.807) is 0 Å². The van der Waals surface area contributed by atoms with Crippen molar-refractivity contribution in [3.05, 3.63) is 182 Å². The second-order valence-corrected chi connectivity index (χ2v) is 13.3. The number of aromatic nitrogens is 2. The highest BCUT2D eigenvalue weighted by Crippen LogP contribution is 2.53. The van der Waals surface area contributed by atoms with Crippen molar-refractivity contribution in [2.24, 2.45) is 0 Å². The van der Waals surface area contributed by atoms with E-state index in [4.69, 9.17) is 0 Å². The highest BCUT2D eigenvalue weighted by Gasteiger charge is 2.27. The lowest BCUT2D eigenvalue weighted by Gasteiger charge is -2.22. The highest BCUT2D eigenvalue weighted by molar-refractivity contribution is 7.22. The van der Waals surface area contributed by atoms with Crippen LogP contribution < -0.4 is 0 Å². The zero-order chi connectivity index (χ0) is 32.6. The summed E-state index contributed by atoms with van der Waals surface area (Å²) in [6, 6.07) is 62.8. The molecule has 2 N–H and O–H groups in total. The molecular formula is C46H32N2S. The normalized spacial score (nSPS) is 11.3. The van der Waals surface area contributed by atoms with Gasteiger partial charge in [0.2, 0.25) is 0 Å². The van der Waals surface area contributed by atoms with Crippen LogP contribution in [0.5, 0.6) is 0 Å². The van der Waals surface area contributed by atoms with Gasteiger partial charge in [0.15, 0.2) is 0 Å². The van der Waals surface area contributed by atoms with E-state index in [2.05, 4.69) is 174 Å². The SMILES string of the molecule is c1ccc(-c2c(-c3ccccc3)c(-c3ccccc3)c3c([nH]c4ccccc43)c2-c2cc3ccccc3s2)cc1.c1ccc2[nH]ccc2c1. The van der Waals surface area contributed by atoms with Crippen molar-refractivity contribution >= 4 is 54.1 Å². The predicted octanol–water partition coefficient (Wildman–Crippen LogP) is 13.4. The van der Waals surface area contributed by atoms with Gasteiger partial charge in [-0.25, -0.2) is 0 Å². The molecule has 0 aliphatic rings. The van der Waals surface area contributed by atoms with Crippen molar-refractivity contribution in [2.75, 3.05) is 0 Å². The fourth-order valence-electron chi connectivity index (χ4n) is 7.12. The van der Waals surface area contributed by atoms with E-state index >= 15 is 0 Å². The monoisotopic (exact) mass is 644 g/mol. The number of nitrogens with one attached hydrogen (secondary N) is 2. The fraction of sp³-hybridized carbons (Fsp3) is 0. The Morgan fingerprint density at radius 1 is 0.408 bits per heavy atom. The minimum absolute atomic E-state index is 1.15. The Hall–Kier alpha value is -6.16. The van der Waals surface area contributed by atoms with Gasteiger partial charge in [0, 0.05) is 54.3 Å². The molecule has 3 heteroatoms. The maximum Gasteiger partial charge on any atom is 0.0565 e. The van der Waals surface area contributed by atoms with Crippen molar-refractivity contribution in [1.82, 2.24) is 9.97 Å². The molecule has 2 nitrogen and oxygen atoms in total. The van der Waals surface area contributed by atoms with E-state index < -0.39 is 0 Å². The standard InChI is InChI=1S/C38H25NS.C8H7N/c1-4-14-25(15-5-1)33-34(26-16-6-2-7-17-26)36-29-21-11-12-22-30(29)39-38(36)37(35(33)27-18-8-3-9-19-27)32-24-28-20-10-13-23-31(28)40-32;1-2-4-8-7(3-1)5-6-9-8/h1-24,39H;1-6,9H. The Bertz CT molecular complexity index is 2640. The van der Waals surface area contributed by atoms with Crippen molar-refractivity contribution < 1.29 is 0 Å². The van der Waals surface area contributed by atoms with Crippen LogP contribution in [0, 0.1) is 0 Å². The molecule has 0 aliphatic heterocycles. The third-order valence-corrected chi connectivity index (χ3v) is 10.4. The Balaban J connectivity index is 0.000000312. The number of hydrogen-bond acceptors (Lipinski definition) is 1. The molecule has 0 radical (unpaired) electrons. The summed E-state index contributed by atoms with van der Waals surface area (Å²) in [5.41, 5.74) is 12.3.